The Bertz CT molecular complexity index is 512. The first-order chi connectivity index (χ1) is 12.0. The van der Waals surface area contributed by atoms with Crippen LogP contribution in [0, 0.1) is 0 Å². The monoisotopic (exact) mass is 371 g/mol. The van der Waals surface area contributed by atoms with E-state index in [0.29, 0.717) is 11.6 Å². The maximum atomic E-state index is 11.9. The first-order valence-electron chi connectivity index (χ1n) is 8.90. The molecule has 0 radical (unpaired) electrons. The third-order valence-electron chi connectivity index (χ3n) is 3.81. The highest BCUT2D eigenvalue weighted by Crippen LogP contribution is 2.31. The molecule has 0 saturated carbocycles. The Hall–Kier alpha value is -1.30. The highest BCUT2D eigenvalue weighted by molar-refractivity contribution is 6.31. The lowest BCUT2D eigenvalue weighted by Gasteiger charge is -2.29. The highest BCUT2D eigenvalue weighted by atomic mass is 35.5. The van der Waals surface area contributed by atoms with Gasteiger partial charge in [0.1, 0.15) is 12.2 Å². The van der Waals surface area contributed by atoms with Gasteiger partial charge in [0.15, 0.2) is 6.29 Å². The number of carbonyl (C=O) groups excluding carboxylic acids is 1. The van der Waals surface area contributed by atoms with Crippen LogP contribution in [0.4, 0.5) is 4.79 Å². The number of hydrogen-bond acceptors (Lipinski definition) is 4. The number of alkyl carbamates (subject to hydrolysis) is 1. The van der Waals surface area contributed by atoms with E-state index in [4.69, 9.17) is 25.8 Å². The van der Waals surface area contributed by atoms with Crippen molar-refractivity contribution in [3.63, 3.8) is 0 Å². The molecule has 1 aromatic carbocycles. The van der Waals surface area contributed by atoms with Gasteiger partial charge in [-0.3, -0.25) is 0 Å². The van der Waals surface area contributed by atoms with E-state index in [9.17, 15) is 4.79 Å². The lowest BCUT2D eigenvalue weighted by atomic mass is 10.0. The maximum absolute atomic E-state index is 11.9. The molecule has 1 rings (SSSR count). The fraction of sp³-hybridized carbons (Fsp3) is 0.632. The van der Waals surface area contributed by atoms with E-state index in [2.05, 4.69) is 12.2 Å². The number of amides is 1. The molecule has 5 nitrogen and oxygen atoms in total. The third kappa shape index (κ3) is 7.63. The minimum absolute atomic E-state index is 0.383. The van der Waals surface area contributed by atoms with Crippen LogP contribution in [0.1, 0.15) is 58.1 Å². The molecule has 0 saturated heterocycles. The Kier molecular flexibility index (Phi) is 10.5. The van der Waals surface area contributed by atoms with Crippen molar-refractivity contribution in [3.8, 4) is 0 Å². The van der Waals surface area contributed by atoms with Gasteiger partial charge in [0.25, 0.3) is 0 Å². The maximum Gasteiger partial charge on any atom is 0.407 e. The fourth-order valence-corrected chi connectivity index (χ4v) is 2.66. The zero-order valence-corrected chi connectivity index (χ0v) is 16.3. The molecular formula is C19H30ClNO4. The lowest BCUT2D eigenvalue weighted by molar-refractivity contribution is -0.183. The highest BCUT2D eigenvalue weighted by Gasteiger charge is 2.28. The van der Waals surface area contributed by atoms with Crippen LogP contribution in [0.25, 0.3) is 0 Å². The minimum atomic E-state index is -0.518. The summed E-state index contributed by atoms with van der Waals surface area (Å²) < 4.78 is 17.1. The third-order valence-corrected chi connectivity index (χ3v) is 4.15. The number of unbranched alkanes of at least 4 members (excludes halogenated alkanes) is 1. The molecule has 0 heterocycles. The molecule has 3 unspecified atom stereocenters. The van der Waals surface area contributed by atoms with Crippen LogP contribution >= 0.6 is 11.6 Å². The summed E-state index contributed by atoms with van der Waals surface area (Å²) in [6.07, 6.45) is 1.77. The molecule has 1 amide bonds. The SMILES string of the molecule is CCCCC(OC)OC(c1ccccc1Cl)C(C)OC(=O)NCCC. The quantitative estimate of drug-likeness (QED) is 0.551. The van der Waals surface area contributed by atoms with Crippen LogP contribution < -0.4 is 5.32 Å². The predicted molar refractivity (Wildman–Crippen MR) is 99.8 cm³/mol. The van der Waals surface area contributed by atoms with E-state index in [0.717, 1.165) is 31.2 Å². The summed E-state index contributed by atoms with van der Waals surface area (Å²) in [4.78, 5) is 11.9. The molecule has 0 aliphatic heterocycles. The first kappa shape index (κ1) is 21.7. The Balaban J connectivity index is 2.90. The number of carbonyl (C=O) groups is 1. The second-order valence-corrected chi connectivity index (χ2v) is 6.33. The van der Waals surface area contributed by atoms with Gasteiger partial charge in [-0.15, -0.1) is 0 Å². The topological polar surface area (TPSA) is 56.8 Å². The van der Waals surface area contributed by atoms with Crippen molar-refractivity contribution in [2.75, 3.05) is 13.7 Å². The van der Waals surface area contributed by atoms with Crippen molar-refractivity contribution in [1.82, 2.24) is 5.32 Å². The van der Waals surface area contributed by atoms with Gasteiger partial charge < -0.3 is 19.5 Å². The van der Waals surface area contributed by atoms with Gasteiger partial charge in [-0.1, -0.05) is 50.1 Å². The predicted octanol–water partition coefficient (Wildman–Crippen LogP) is 5.09. The van der Waals surface area contributed by atoms with Gasteiger partial charge in [0.2, 0.25) is 0 Å². The molecule has 25 heavy (non-hydrogen) atoms. The smallest absolute Gasteiger partial charge is 0.407 e. The number of nitrogens with one attached hydrogen (secondary N) is 1. The lowest BCUT2D eigenvalue weighted by Crippen LogP contribution is -2.34. The number of rotatable bonds is 11. The molecule has 0 fully saturated rings. The standard InChI is InChI=1S/C19H30ClNO4/c1-5-7-12-17(23-4)25-18(15-10-8-9-11-16(15)20)14(3)24-19(22)21-13-6-2/h8-11,14,17-18H,5-7,12-13H2,1-4H3,(H,21,22). The van der Waals surface area contributed by atoms with Crippen LogP contribution in [0.15, 0.2) is 24.3 Å². The minimum Gasteiger partial charge on any atom is -0.443 e. The van der Waals surface area contributed by atoms with Crippen LogP contribution in [0.5, 0.6) is 0 Å². The van der Waals surface area contributed by atoms with Crippen molar-refractivity contribution in [2.45, 2.75) is 65.0 Å². The summed E-state index contributed by atoms with van der Waals surface area (Å²) in [6.45, 7) is 6.46. The number of ether oxygens (including phenoxy) is 3. The van der Waals surface area contributed by atoms with Gasteiger partial charge in [-0.05, 0) is 32.3 Å². The molecule has 0 bridgehead atoms. The van der Waals surface area contributed by atoms with Crippen LogP contribution in [-0.2, 0) is 14.2 Å². The zero-order chi connectivity index (χ0) is 18.7. The van der Waals surface area contributed by atoms with Gasteiger partial charge in [-0.25, -0.2) is 4.79 Å². The van der Waals surface area contributed by atoms with Gasteiger partial charge in [-0.2, -0.15) is 0 Å². The van der Waals surface area contributed by atoms with Crippen molar-refractivity contribution in [2.24, 2.45) is 0 Å². The normalized spacial score (nSPS) is 14.6. The van der Waals surface area contributed by atoms with E-state index < -0.39 is 18.3 Å². The summed E-state index contributed by atoms with van der Waals surface area (Å²) in [5.41, 5.74) is 0.776. The Labute approximate surface area is 156 Å². The molecule has 0 aliphatic carbocycles. The van der Waals surface area contributed by atoms with Gasteiger partial charge in [0.05, 0.1) is 0 Å². The Morgan fingerprint density at radius 1 is 1.24 bits per heavy atom. The summed E-state index contributed by atoms with van der Waals surface area (Å²) in [5.74, 6) is 0. The van der Waals surface area contributed by atoms with E-state index in [1.54, 1.807) is 20.1 Å². The number of methoxy groups -OCH3 is 1. The molecule has 3 atom stereocenters. The number of benzene rings is 1. The second-order valence-electron chi connectivity index (χ2n) is 5.92. The van der Waals surface area contributed by atoms with Crippen LogP contribution in [0.2, 0.25) is 5.02 Å². The number of halogens is 1. The molecule has 142 valence electrons. The molecule has 0 aliphatic rings. The summed E-state index contributed by atoms with van der Waals surface area (Å²) in [7, 11) is 1.61. The Morgan fingerprint density at radius 3 is 2.56 bits per heavy atom. The Morgan fingerprint density at radius 2 is 1.96 bits per heavy atom. The second kappa shape index (κ2) is 12.1. The van der Waals surface area contributed by atoms with Crippen molar-refractivity contribution in [1.29, 1.82) is 0 Å². The number of hydrogen-bond donors (Lipinski definition) is 1. The van der Waals surface area contributed by atoms with E-state index in [-0.39, 0.29) is 6.29 Å². The fourth-order valence-electron chi connectivity index (χ4n) is 2.42. The van der Waals surface area contributed by atoms with Gasteiger partial charge in [0, 0.05) is 24.2 Å². The van der Waals surface area contributed by atoms with E-state index in [1.807, 2.05) is 25.1 Å². The molecule has 1 N–H and O–H groups in total. The van der Waals surface area contributed by atoms with E-state index in [1.165, 1.54) is 0 Å². The molecule has 0 aromatic heterocycles. The van der Waals surface area contributed by atoms with Crippen LogP contribution in [0.3, 0.4) is 0 Å². The van der Waals surface area contributed by atoms with Crippen molar-refractivity contribution >= 4 is 17.7 Å². The summed E-state index contributed by atoms with van der Waals surface area (Å²) in [5, 5.41) is 3.28. The van der Waals surface area contributed by atoms with E-state index >= 15 is 0 Å². The van der Waals surface area contributed by atoms with Crippen molar-refractivity contribution < 1.29 is 19.0 Å². The average molecular weight is 372 g/mol. The molecule has 6 heteroatoms. The largest absolute Gasteiger partial charge is 0.443 e. The van der Waals surface area contributed by atoms with Crippen molar-refractivity contribution in [3.05, 3.63) is 34.9 Å². The molecule has 0 spiro atoms. The molecule has 1 aromatic rings. The van der Waals surface area contributed by atoms with Gasteiger partial charge >= 0.3 is 6.09 Å². The average Bonchev–Trinajstić information content (AvgIpc) is 2.61. The van der Waals surface area contributed by atoms with Crippen LogP contribution in [-0.4, -0.2) is 32.1 Å². The molecular weight excluding hydrogens is 342 g/mol. The first-order valence-corrected chi connectivity index (χ1v) is 9.28. The zero-order valence-electron chi connectivity index (χ0n) is 15.6. The summed E-state index contributed by atoms with van der Waals surface area (Å²) in [6, 6.07) is 7.41. The summed E-state index contributed by atoms with van der Waals surface area (Å²) >= 11 is 6.34.